The Hall–Kier alpha value is -2.07. The molecule has 2 N–H and O–H groups in total. The summed E-state index contributed by atoms with van der Waals surface area (Å²) in [5.41, 5.74) is 1.88. The van der Waals surface area contributed by atoms with Crippen molar-refractivity contribution in [3.63, 3.8) is 0 Å². The van der Waals surface area contributed by atoms with Gasteiger partial charge >= 0.3 is 0 Å². The Balaban J connectivity index is 2.17. The fourth-order valence-corrected chi connectivity index (χ4v) is 2.28. The molecule has 1 aromatic carbocycles. The first-order valence-corrected chi connectivity index (χ1v) is 7.38. The zero-order chi connectivity index (χ0) is 15.2. The van der Waals surface area contributed by atoms with Crippen LogP contribution in [0.4, 0.5) is 5.69 Å². The number of carbonyl (C=O) groups is 1. The van der Waals surface area contributed by atoms with Crippen LogP contribution in [0.5, 0.6) is 0 Å². The molecule has 0 saturated carbocycles. The average molecular weight is 286 g/mol. The van der Waals surface area contributed by atoms with Gasteiger partial charge in [-0.25, -0.2) is 0 Å². The molecule has 0 spiro atoms. The van der Waals surface area contributed by atoms with Gasteiger partial charge in [0.15, 0.2) is 5.76 Å². The van der Waals surface area contributed by atoms with Gasteiger partial charge in [0.05, 0.1) is 0 Å². The number of aryl methyl sites for hydroxylation is 1. The highest BCUT2D eigenvalue weighted by atomic mass is 16.3. The van der Waals surface area contributed by atoms with E-state index in [0.717, 1.165) is 30.0 Å². The lowest BCUT2D eigenvalue weighted by Gasteiger charge is -2.17. The standard InChI is InChI=1S/C17H22N2O2/c1-4-13-10-11-16(21-13)17(20)19-15-9-7-6-8-14(15)12(3)18-5-2/h6-12,18H,4-5H2,1-3H3,(H,19,20). The van der Waals surface area contributed by atoms with Crippen molar-refractivity contribution in [3.05, 3.63) is 53.5 Å². The van der Waals surface area contributed by atoms with E-state index in [9.17, 15) is 4.79 Å². The van der Waals surface area contributed by atoms with Gasteiger partial charge in [-0.3, -0.25) is 4.79 Å². The quantitative estimate of drug-likeness (QED) is 0.850. The number of hydrogen-bond donors (Lipinski definition) is 2. The van der Waals surface area contributed by atoms with Crippen LogP contribution in [0.25, 0.3) is 0 Å². The molecule has 21 heavy (non-hydrogen) atoms. The Morgan fingerprint density at radius 2 is 1.95 bits per heavy atom. The zero-order valence-electron chi connectivity index (χ0n) is 12.8. The van der Waals surface area contributed by atoms with E-state index in [1.54, 1.807) is 6.07 Å². The highest BCUT2D eigenvalue weighted by Crippen LogP contribution is 2.23. The first-order chi connectivity index (χ1) is 10.2. The summed E-state index contributed by atoms with van der Waals surface area (Å²) in [6.07, 6.45) is 0.779. The maximum absolute atomic E-state index is 12.3. The number of amides is 1. The molecule has 0 aliphatic heterocycles. The molecule has 2 aromatic rings. The van der Waals surface area contributed by atoms with Crippen molar-refractivity contribution >= 4 is 11.6 Å². The van der Waals surface area contributed by atoms with Crippen molar-refractivity contribution in [1.82, 2.24) is 5.32 Å². The molecule has 0 aliphatic carbocycles. The summed E-state index contributed by atoms with van der Waals surface area (Å²) in [5.74, 6) is 0.943. The lowest BCUT2D eigenvalue weighted by atomic mass is 10.1. The minimum Gasteiger partial charge on any atom is -0.456 e. The molecule has 0 aliphatic rings. The van der Waals surface area contributed by atoms with Crippen molar-refractivity contribution in [3.8, 4) is 0 Å². The molecule has 1 unspecified atom stereocenters. The Morgan fingerprint density at radius 1 is 1.19 bits per heavy atom. The van der Waals surface area contributed by atoms with Crippen LogP contribution < -0.4 is 10.6 Å². The van der Waals surface area contributed by atoms with Gasteiger partial charge in [0.2, 0.25) is 0 Å². The van der Waals surface area contributed by atoms with Gasteiger partial charge in [0.1, 0.15) is 5.76 Å². The van der Waals surface area contributed by atoms with Gasteiger partial charge in [0, 0.05) is 18.2 Å². The number of hydrogen-bond acceptors (Lipinski definition) is 3. The maximum atomic E-state index is 12.3. The smallest absolute Gasteiger partial charge is 0.291 e. The predicted octanol–water partition coefficient (Wildman–Crippen LogP) is 3.76. The predicted molar refractivity (Wildman–Crippen MR) is 84.6 cm³/mol. The van der Waals surface area contributed by atoms with Gasteiger partial charge in [-0.15, -0.1) is 0 Å². The van der Waals surface area contributed by atoms with Crippen LogP contribution in [-0.4, -0.2) is 12.5 Å². The second-order valence-corrected chi connectivity index (χ2v) is 4.94. The Kier molecular flexibility index (Phi) is 5.17. The van der Waals surface area contributed by atoms with E-state index in [1.807, 2.05) is 37.3 Å². The summed E-state index contributed by atoms with van der Waals surface area (Å²) in [4.78, 5) is 12.3. The molecular weight excluding hydrogens is 264 g/mol. The number of rotatable bonds is 6. The van der Waals surface area contributed by atoms with Gasteiger partial charge in [-0.05, 0) is 37.2 Å². The lowest BCUT2D eigenvalue weighted by Crippen LogP contribution is -2.20. The number of carbonyl (C=O) groups excluding carboxylic acids is 1. The number of furan rings is 1. The lowest BCUT2D eigenvalue weighted by molar-refractivity contribution is 0.0995. The van der Waals surface area contributed by atoms with E-state index in [1.165, 1.54) is 0 Å². The number of para-hydroxylation sites is 1. The van der Waals surface area contributed by atoms with E-state index in [-0.39, 0.29) is 11.9 Å². The average Bonchev–Trinajstić information content (AvgIpc) is 2.97. The van der Waals surface area contributed by atoms with Gasteiger partial charge < -0.3 is 15.1 Å². The molecule has 2 rings (SSSR count). The van der Waals surface area contributed by atoms with Crippen LogP contribution in [0.15, 0.2) is 40.8 Å². The molecule has 0 saturated heterocycles. The third kappa shape index (κ3) is 3.73. The normalized spacial score (nSPS) is 12.1. The summed E-state index contributed by atoms with van der Waals surface area (Å²) >= 11 is 0. The Bertz CT molecular complexity index is 604. The van der Waals surface area contributed by atoms with E-state index in [0.29, 0.717) is 5.76 Å². The largest absolute Gasteiger partial charge is 0.456 e. The van der Waals surface area contributed by atoms with Crippen molar-refractivity contribution in [2.75, 3.05) is 11.9 Å². The molecule has 4 nitrogen and oxygen atoms in total. The molecule has 0 bridgehead atoms. The molecular formula is C17H22N2O2. The van der Waals surface area contributed by atoms with E-state index in [4.69, 9.17) is 4.42 Å². The summed E-state index contributed by atoms with van der Waals surface area (Å²) in [6, 6.07) is 11.5. The van der Waals surface area contributed by atoms with Gasteiger partial charge in [-0.2, -0.15) is 0 Å². The second-order valence-electron chi connectivity index (χ2n) is 4.94. The minimum absolute atomic E-state index is 0.175. The zero-order valence-corrected chi connectivity index (χ0v) is 12.8. The summed E-state index contributed by atoms with van der Waals surface area (Å²) in [5, 5.41) is 6.28. The third-order valence-corrected chi connectivity index (χ3v) is 3.42. The Labute approximate surface area is 125 Å². The van der Waals surface area contributed by atoms with Crippen LogP contribution in [0, 0.1) is 0 Å². The molecule has 1 aromatic heterocycles. The van der Waals surface area contributed by atoms with Crippen molar-refractivity contribution < 1.29 is 9.21 Å². The minimum atomic E-state index is -0.217. The van der Waals surface area contributed by atoms with Crippen LogP contribution >= 0.6 is 0 Å². The van der Waals surface area contributed by atoms with Crippen molar-refractivity contribution in [1.29, 1.82) is 0 Å². The SMILES string of the molecule is CCNC(C)c1ccccc1NC(=O)c1ccc(CC)o1. The second kappa shape index (κ2) is 7.09. The van der Waals surface area contributed by atoms with Crippen molar-refractivity contribution in [2.45, 2.75) is 33.2 Å². The van der Waals surface area contributed by atoms with Gasteiger partial charge in [-0.1, -0.05) is 32.0 Å². The van der Waals surface area contributed by atoms with E-state index >= 15 is 0 Å². The summed E-state index contributed by atoms with van der Waals surface area (Å²) in [6.45, 7) is 7.01. The number of anilines is 1. The molecule has 112 valence electrons. The third-order valence-electron chi connectivity index (χ3n) is 3.42. The fraction of sp³-hybridized carbons (Fsp3) is 0.353. The van der Waals surface area contributed by atoms with Crippen LogP contribution in [0.2, 0.25) is 0 Å². The fourth-order valence-electron chi connectivity index (χ4n) is 2.28. The van der Waals surface area contributed by atoms with E-state index < -0.39 is 0 Å². The molecule has 0 radical (unpaired) electrons. The molecule has 1 amide bonds. The maximum Gasteiger partial charge on any atom is 0.291 e. The van der Waals surface area contributed by atoms with Gasteiger partial charge in [0.25, 0.3) is 5.91 Å². The van der Waals surface area contributed by atoms with Crippen LogP contribution in [0.3, 0.4) is 0 Å². The van der Waals surface area contributed by atoms with Crippen LogP contribution in [-0.2, 0) is 6.42 Å². The van der Waals surface area contributed by atoms with Crippen molar-refractivity contribution in [2.24, 2.45) is 0 Å². The highest BCUT2D eigenvalue weighted by molar-refractivity contribution is 6.02. The topological polar surface area (TPSA) is 54.3 Å². The number of nitrogens with one attached hydrogen (secondary N) is 2. The molecule has 1 atom stereocenters. The Morgan fingerprint density at radius 3 is 2.62 bits per heavy atom. The highest BCUT2D eigenvalue weighted by Gasteiger charge is 2.15. The summed E-state index contributed by atoms with van der Waals surface area (Å²) in [7, 11) is 0. The first kappa shape index (κ1) is 15.3. The summed E-state index contributed by atoms with van der Waals surface area (Å²) < 4.78 is 5.49. The first-order valence-electron chi connectivity index (χ1n) is 7.38. The van der Waals surface area contributed by atoms with E-state index in [2.05, 4.69) is 24.5 Å². The monoisotopic (exact) mass is 286 g/mol. The molecule has 1 heterocycles. The van der Waals surface area contributed by atoms with Crippen LogP contribution in [0.1, 0.15) is 48.7 Å². The number of benzene rings is 1. The molecule has 0 fully saturated rings. The molecule has 4 heteroatoms.